The zero-order valence-electron chi connectivity index (χ0n) is 12.0. The van der Waals surface area contributed by atoms with Gasteiger partial charge in [0.25, 0.3) is 0 Å². The van der Waals surface area contributed by atoms with Crippen LogP contribution < -0.4 is 4.74 Å². The van der Waals surface area contributed by atoms with Crippen molar-refractivity contribution in [1.29, 1.82) is 0 Å². The fraction of sp³-hybridized carbons (Fsp3) is 0.158. The molecule has 0 aliphatic rings. The smallest absolute Gasteiger partial charge is 0.125 e. The summed E-state index contributed by atoms with van der Waals surface area (Å²) in [5, 5.41) is 13.0. The molecule has 2 heteroatoms. The van der Waals surface area contributed by atoms with Crippen molar-refractivity contribution in [2.24, 2.45) is 0 Å². The van der Waals surface area contributed by atoms with Crippen LogP contribution >= 0.6 is 0 Å². The number of rotatable bonds is 4. The van der Waals surface area contributed by atoms with E-state index in [-0.39, 0.29) is 0 Å². The van der Waals surface area contributed by atoms with Crippen LogP contribution in [0.1, 0.15) is 24.2 Å². The van der Waals surface area contributed by atoms with Gasteiger partial charge in [-0.3, -0.25) is 0 Å². The number of ether oxygens (including phenoxy) is 1. The normalized spacial score (nSPS) is 12.3. The van der Waals surface area contributed by atoms with E-state index in [2.05, 4.69) is 12.1 Å². The first-order valence-corrected chi connectivity index (χ1v) is 7.18. The van der Waals surface area contributed by atoms with E-state index in [9.17, 15) is 5.11 Å². The van der Waals surface area contributed by atoms with E-state index in [4.69, 9.17) is 4.74 Å². The molecular weight excluding hydrogens is 260 g/mol. The minimum atomic E-state index is -0.696. The third-order valence-corrected chi connectivity index (χ3v) is 3.63. The summed E-state index contributed by atoms with van der Waals surface area (Å²) in [4.78, 5) is 0. The Morgan fingerprint density at radius 2 is 1.52 bits per heavy atom. The summed E-state index contributed by atoms with van der Waals surface area (Å²) in [6, 6.07) is 21.7. The van der Waals surface area contributed by atoms with E-state index < -0.39 is 6.10 Å². The summed E-state index contributed by atoms with van der Waals surface area (Å²) in [6.45, 7) is 2.53. The summed E-state index contributed by atoms with van der Waals surface area (Å²) in [5.74, 6) is 0.737. The number of aliphatic hydroxyl groups excluding tert-OH is 1. The van der Waals surface area contributed by atoms with Crippen LogP contribution in [0, 0.1) is 0 Å². The van der Waals surface area contributed by atoms with E-state index in [0.717, 1.165) is 27.6 Å². The zero-order valence-corrected chi connectivity index (χ0v) is 12.0. The molecule has 0 radical (unpaired) electrons. The molecule has 0 heterocycles. The second-order valence-electron chi connectivity index (χ2n) is 4.94. The molecule has 1 N–H and O–H groups in total. The molecule has 21 heavy (non-hydrogen) atoms. The lowest BCUT2D eigenvalue weighted by molar-refractivity contribution is 0.213. The minimum absolute atomic E-state index is 0.583. The van der Waals surface area contributed by atoms with E-state index in [1.807, 2.05) is 61.5 Å². The molecule has 0 amide bonds. The average molecular weight is 278 g/mol. The minimum Gasteiger partial charge on any atom is -0.493 e. The Morgan fingerprint density at radius 1 is 0.857 bits per heavy atom. The molecule has 0 bridgehead atoms. The lowest BCUT2D eigenvalue weighted by Crippen LogP contribution is -2.04. The van der Waals surface area contributed by atoms with E-state index in [1.54, 1.807) is 0 Å². The monoisotopic (exact) mass is 278 g/mol. The molecule has 0 saturated carbocycles. The highest BCUT2D eigenvalue weighted by molar-refractivity contribution is 5.86. The van der Waals surface area contributed by atoms with Crippen LogP contribution in [0.4, 0.5) is 0 Å². The molecule has 0 spiro atoms. The van der Waals surface area contributed by atoms with Gasteiger partial charge in [0, 0.05) is 5.56 Å². The standard InChI is InChI=1S/C19H18O2/c1-2-21-18-13-6-5-11-17(18)19(20)16-12-7-9-14-8-3-4-10-15(14)16/h3-13,19-20H,2H2,1H3. The van der Waals surface area contributed by atoms with Crippen LogP contribution in [0.3, 0.4) is 0 Å². The summed E-state index contributed by atoms with van der Waals surface area (Å²) < 4.78 is 5.63. The number of aliphatic hydroxyl groups is 1. The molecule has 0 aliphatic heterocycles. The van der Waals surface area contributed by atoms with Gasteiger partial charge in [-0.05, 0) is 29.3 Å². The van der Waals surface area contributed by atoms with Crippen molar-refractivity contribution < 1.29 is 9.84 Å². The van der Waals surface area contributed by atoms with Gasteiger partial charge >= 0.3 is 0 Å². The van der Waals surface area contributed by atoms with Crippen LogP contribution in [-0.4, -0.2) is 11.7 Å². The van der Waals surface area contributed by atoms with Crippen molar-refractivity contribution in [2.45, 2.75) is 13.0 Å². The van der Waals surface area contributed by atoms with Gasteiger partial charge in [0.05, 0.1) is 6.61 Å². The third kappa shape index (κ3) is 2.63. The van der Waals surface area contributed by atoms with E-state index in [0.29, 0.717) is 6.61 Å². The molecule has 0 aliphatic carbocycles. The van der Waals surface area contributed by atoms with Crippen LogP contribution in [0.25, 0.3) is 10.8 Å². The molecule has 1 unspecified atom stereocenters. The Balaban J connectivity index is 2.11. The Morgan fingerprint density at radius 3 is 2.38 bits per heavy atom. The van der Waals surface area contributed by atoms with Crippen molar-refractivity contribution in [3.63, 3.8) is 0 Å². The fourth-order valence-corrected chi connectivity index (χ4v) is 2.65. The largest absolute Gasteiger partial charge is 0.493 e. The molecule has 106 valence electrons. The predicted octanol–water partition coefficient (Wildman–Crippen LogP) is 4.32. The molecule has 0 aromatic heterocycles. The summed E-state index contributed by atoms with van der Waals surface area (Å²) in [7, 11) is 0. The molecule has 3 aromatic carbocycles. The number of hydrogen-bond acceptors (Lipinski definition) is 2. The first-order chi connectivity index (χ1) is 10.3. The van der Waals surface area contributed by atoms with Gasteiger partial charge in [-0.1, -0.05) is 60.7 Å². The van der Waals surface area contributed by atoms with Crippen LogP contribution in [-0.2, 0) is 0 Å². The number of benzene rings is 3. The van der Waals surface area contributed by atoms with E-state index >= 15 is 0 Å². The Kier molecular flexibility index (Phi) is 3.89. The fourth-order valence-electron chi connectivity index (χ4n) is 2.65. The van der Waals surface area contributed by atoms with Gasteiger partial charge in [0.15, 0.2) is 0 Å². The van der Waals surface area contributed by atoms with Crippen molar-refractivity contribution in [3.8, 4) is 5.75 Å². The predicted molar refractivity (Wildman–Crippen MR) is 85.6 cm³/mol. The maximum Gasteiger partial charge on any atom is 0.125 e. The molecule has 2 nitrogen and oxygen atoms in total. The zero-order chi connectivity index (χ0) is 14.7. The average Bonchev–Trinajstić information content (AvgIpc) is 2.54. The van der Waals surface area contributed by atoms with Gasteiger partial charge in [-0.15, -0.1) is 0 Å². The second kappa shape index (κ2) is 5.98. The van der Waals surface area contributed by atoms with Gasteiger partial charge in [0.1, 0.15) is 11.9 Å². The van der Waals surface area contributed by atoms with Crippen LogP contribution in [0.5, 0.6) is 5.75 Å². The summed E-state index contributed by atoms with van der Waals surface area (Å²) in [6.07, 6.45) is -0.696. The quantitative estimate of drug-likeness (QED) is 0.770. The van der Waals surface area contributed by atoms with Crippen molar-refractivity contribution in [1.82, 2.24) is 0 Å². The maximum absolute atomic E-state index is 10.8. The molecule has 0 fully saturated rings. The van der Waals surface area contributed by atoms with Crippen molar-refractivity contribution >= 4 is 10.8 Å². The maximum atomic E-state index is 10.8. The summed E-state index contributed by atoms with van der Waals surface area (Å²) >= 11 is 0. The van der Waals surface area contributed by atoms with Crippen molar-refractivity contribution in [3.05, 3.63) is 77.9 Å². The molecule has 1 atom stereocenters. The number of para-hydroxylation sites is 1. The van der Waals surface area contributed by atoms with Gasteiger partial charge in [0.2, 0.25) is 0 Å². The molecule has 3 rings (SSSR count). The molecule has 0 saturated heterocycles. The third-order valence-electron chi connectivity index (χ3n) is 3.63. The van der Waals surface area contributed by atoms with Gasteiger partial charge in [-0.2, -0.15) is 0 Å². The Labute approximate surface area is 124 Å². The lowest BCUT2D eigenvalue weighted by Gasteiger charge is -2.17. The van der Waals surface area contributed by atoms with Gasteiger partial charge in [-0.25, -0.2) is 0 Å². The second-order valence-corrected chi connectivity index (χ2v) is 4.94. The first-order valence-electron chi connectivity index (χ1n) is 7.18. The topological polar surface area (TPSA) is 29.5 Å². The number of hydrogen-bond donors (Lipinski definition) is 1. The van der Waals surface area contributed by atoms with Crippen LogP contribution in [0.2, 0.25) is 0 Å². The highest BCUT2D eigenvalue weighted by Gasteiger charge is 2.17. The highest BCUT2D eigenvalue weighted by atomic mass is 16.5. The number of fused-ring (bicyclic) bond motifs is 1. The highest BCUT2D eigenvalue weighted by Crippen LogP contribution is 2.33. The first kappa shape index (κ1) is 13.7. The van der Waals surface area contributed by atoms with Crippen LogP contribution in [0.15, 0.2) is 66.7 Å². The Bertz CT molecular complexity index is 744. The SMILES string of the molecule is CCOc1ccccc1C(O)c1cccc2ccccc12. The molecular formula is C19H18O2. The lowest BCUT2D eigenvalue weighted by atomic mass is 9.95. The summed E-state index contributed by atoms with van der Waals surface area (Å²) in [5.41, 5.74) is 1.70. The molecule has 3 aromatic rings. The van der Waals surface area contributed by atoms with Crippen molar-refractivity contribution in [2.75, 3.05) is 6.61 Å². The van der Waals surface area contributed by atoms with Gasteiger partial charge < -0.3 is 9.84 Å². The van der Waals surface area contributed by atoms with E-state index in [1.165, 1.54) is 0 Å². The Hall–Kier alpha value is -2.32.